The van der Waals surface area contributed by atoms with Crippen molar-refractivity contribution in [2.24, 2.45) is 0 Å². The molecule has 176 valence electrons. The van der Waals surface area contributed by atoms with Crippen LogP contribution in [0, 0.1) is 0 Å². The van der Waals surface area contributed by atoms with E-state index in [2.05, 4.69) is 34.5 Å². The lowest BCUT2D eigenvalue weighted by Crippen LogP contribution is -2.26. The SMILES string of the molecule is CN(C)CCCOc1ccc(-c2nnc3ccc(-c4cccc(C(=O)NCCO)c4)cn23)cc1. The fourth-order valence-corrected chi connectivity index (χ4v) is 3.64. The second kappa shape index (κ2) is 10.9. The maximum absolute atomic E-state index is 12.3. The Morgan fingerprint density at radius 1 is 1.03 bits per heavy atom. The van der Waals surface area contributed by atoms with Crippen LogP contribution in [0.25, 0.3) is 28.2 Å². The summed E-state index contributed by atoms with van der Waals surface area (Å²) in [6.07, 6.45) is 2.94. The first-order chi connectivity index (χ1) is 16.5. The summed E-state index contributed by atoms with van der Waals surface area (Å²) in [5.74, 6) is 1.34. The van der Waals surface area contributed by atoms with E-state index in [1.165, 1.54) is 0 Å². The topological polar surface area (TPSA) is 92.0 Å². The maximum Gasteiger partial charge on any atom is 0.251 e. The van der Waals surface area contributed by atoms with E-state index in [1.54, 1.807) is 6.07 Å². The van der Waals surface area contributed by atoms with Crippen molar-refractivity contribution in [1.29, 1.82) is 0 Å². The minimum Gasteiger partial charge on any atom is -0.494 e. The van der Waals surface area contributed by atoms with Crippen molar-refractivity contribution in [2.45, 2.75) is 6.42 Å². The Morgan fingerprint density at radius 2 is 1.82 bits per heavy atom. The first-order valence-electron chi connectivity index (χ1n) is 11.3. The normalized spacial score (nSPS) is 11.2. The quantitative estimate of drug-likeness (QED) is 0.354. The number of rotatable bonds is 10. The van der Waals surface area contributed by atoms with Crippen LogP contribution in [-0.4, -0.2) is 70.9 Å². The van der Waals surface area contributed by atoms with E-state index in [-0.39, 0.29) is 19.1 Å². The van der Waals surface area contributed by atoms with Gasteiger partial charge in [-0.25, -0.2) is 0 Å². The molecule has 2 N–H and O–H groups in total. The highest BCUT2D eigenvalue weighted by Crippen LogP contribution is 2.26. The molecule has 4 rings (SSSR count). The van der Waals surface area contributed by atoms with Gasteiger partial charge in [0.2, 0.25) is 0 Å². The molecule has 0 fully saturated rings. The molecule has 4 aromatic rings. The van der Waals surface area contributed by atoms with Crippen molar-refractivity contribution >= 4 is 11.6 Å². The van der Waals surface area contributed by atoms with Crippen molar-refractivity contribution in [3.63, 3.8) is 0 Å². The highest BCUT2D eigenvalue weighted by atomic mass is 16.5. The highest BCUT2D eigenvalue weighted by Gasteiger charge is 2.11. The molecule has 0 spiro atoms. The minimum atomic E-state index is -0.217. The van der Waals surface area contributed by atoms with Gasteiger partial charge < -0.3 is 20.1 Å². The number of hydrogen-bond acceptors (Lipinski definition) is 6. The molecule has 0 saturated carbocycles. The molecular formula is C26H29N5O3. The summed E-state index contributed by atoms with van der Waals surface area (Å²) >= 11 is 0. The third kappa shape index (κ3) is 5.59. The Balaban J connectivity index is 1.55. The monoisotopic (exact) mass is 459 g/mol. The van der Waals surface area contributed by atoms with Gasteiger partial charge in [-0.2, -0.15) is 0 Å². The van der Waals surface area contributed by atoms with Crippen LogP contribution in [0.1, 0.15) is 16.8 Å². The maximum atomic E-state index is 12.3. The van der Waals surface area contributed by atoms with Crippen LogP contribution in [0.4, 0.5) is 0 Å². The number of fused-ring (bicyclic) bond motifs is 1. The first kappa shape index (κ1) is 23.4. The molecule has 2 heterocycles. The Labute approximate surface area is 198 Å². The molecule has 0 aliphatic rings. The number of nitrogens with one attached hydrogen (secondary N) is 1. The predicted molar refractivity (Wildman–Crippen MR) is 132 cm³/mol. The number of aliphatic hydroxyl groups is 1. The molecule has 2 aromatic heterocycles. The van der Waals surface area contributed by atoms with Gasteiger partial charge in [0.15, 0.2) is 11.5 Å². The van der Waals surface area contributed by atoms with E-state index in [1.807, 2.05) is 65.2 Å². The van der Waals surface area contributed by atoms with Crippen molar-refractivity contribution in [1.82, 2.24) is 24.8 Å². The molecule has 1 amide bonds. The number of ether oxygens (including phenoxy) is 1. The van der Waals surface area contributed by atoms with Gasteiger partial charge in [-0.15, -0.1) is 10.2 Å². The van der Waals surface area contributed by atoms with Crippen LogP contribution in [0.15, 0.2) is 66.9 Å². The average molecular weight is 460 g/mol. The Morgan fingerprint density at radius 3 is 2.59 bits per heavy atom. The lowest BCUT2D eigenvalue weighted by atomic mass is 10.0. The Bertz CT molecular complexity index is 1250. The fraction of sp³-hybridized carbons (Fsp3) is 0.269. The summed E-state index contributed by atoms with van der Waals surface area (Å²) in [6.45, 7) is 1.79. The van der Waals surface area contributed by atoms with Gasteiger partial charge in [-0.3, -0.25) is 9.20 Å². The Kier molecular flexibility index (Phi) is 7.51. The summed E-state index contributed by atoms with van der Waals surface area (Å²) in [6, 6.07) is 19.1. The number of benzene rings is 2. The van der Waals surface area contributed by atoms with Crippen molar-refractivity contribution in [3.05, 3.63) is 72.4 Å². The van der Waals surface area contributed by atoms with E-state index in [0.29, 0.717) is 12.2 Å². The summed E-state index contributed by atoms with van der Waals surface area (Å²) in [5, 5.41) is 20.3. The lowest BCUT2D eigenvalue weighted by Gasteiger charge is -2.10. The van der Waals surface area contributed by atoms with Crippen LogP contribution in [0.5, 0.6) is 5.75 Å². The third-order valence-corrected chi connectivity index (χ3v) is 5.39. The molecule has 0 bridgehead atoms. The first-order valence-corrected chi connectivity index (χ1v) is 11.3. The van der Waals surface area contributed by atoms with E-state index >= 15 is 0 Å². The van der Waals surface area contributed by atoms with Crippen molar-refractivity contribution in [2.75, 3.05) is 40.4 Å². The zero-order chi connectivity index (χ0) is 23.9. The van der Waals surface area contributed by atoms with Crippen LogP contribution >= 0.6 is 0 Å². The number of aliphatic hydroxyl groups excluding tert-OH is 1. The summed E-state index contributed by atoms with van der Waals surface area (Å²) in [4.78, 5) is 14.4. The number of pyridine rings is 1. The minimum absolute atomic E-state index is 0.0952. The fourth-order valence-electron chi connectivity index (χ4n) is 3.64. The van der Waals surface area contributed by atoms with Gasteiger partial charge >= 0.3 is 0 Å². The molecular weight excluding hydrogens is 430 g/mol. The van der Waals surface area contributed by atoms with Crippen LogP contribution in [-0.2, 0) is 0 Å². The van der Waals surface area contributed by atoms with Gasteiger partial charge in [0.25, 0.3) is 5.91 Å². The van der Waals surface area contributed by atoms with E-state index in [0.717, 1.165) is 46.9 Å². The molecule has 0 aliphatic carbocycles. The zero-order valence-corrected chi connectivity index (χ0v) is 19.4. The van der Waals surface area contributed by atoms with Gasteiger partial charge in [0.1, 0.15) is 5.75 Å². The Hall–Kier alpha value is -3.75. The number of carbonyl (C=O) groups excluding carboxylic acids is 1. The van der Waals surface area contributed by atoms with Crippen LogP contribution < -0.4 is 10.1 Å². The molecule has 0 saturated heterocycles. The molecule has 0 aliphatic heterocycles. The van der Waals surface area contributed by atoms with Crippen molar-refractivity contribution < 1.29 is 14.6 Å². The second-order valence-corrected chi connectivity index (χ2v) is 8.26. The standard InChI is InChI=1S/C26H29N5O3/c1-30(2)14-4-16-34-23-10-7-19(8-11-23)25-29-28-24-12-9-22(18-31(24)25)20-5-3-6-21(17-20)26(33)27-13-15-32/h3,5-12,17-18,32H,4,13-16H2,1-2H3,(H,27,33). The summed E-state index contributed by atoms with van der Waals surface area (Å²) in [5.41, 5.74) is 4.05. The lowest BCUT2D eigenvalue weighted by molar-refractivity contribution is 0.0945. The van der Waals surface area contributed by atoms with Crippen LogP contribution in [0.3, 0.4) is 0 Å². The molecule has 0 atom stereocenters. The van der Waals surface area contributed by atoms with Gasteiger partial charge in [-0.05, 0) is 80.2 Å². The van der Waals surface area contributed by atoms with Crippen LogP contribution in [0.2, 0.25) is 0 Å². The number of carbonyl (C=O) groups is 1. The molecule has 0 radical (unpaired) electrons. The third-order valence-electron chi connectivity index (χ3n) is 5.39. The largest absolute Gasteiger partial charge is 0.494 e. The van der Waals surface area contributed by atoms with E-state index < -0.39 is 0 Å². The number of hydrogen-bond donors (Lipinski definition) is 2. The number of aromatic nitrogens is 3. The molecule has 0 unspecified atom stereocenters. The van der Waals surface area contributed by atoms with Gasteiger partial charge in [0.05, 0.1) is 13.2 Å². The van der Waals surface area contributed by atoms with E-state index in [9.17, 15) is 4.79 Å². The highest BCUT2D eigenvalue weighted by molar-refractivity contribution is 5.95. The number of amides is 1. The number of nitrogens with zero attached hydrogens (tertiary/aromatic N) is 4. The molecule has 2 aromatic carbocycles. The zero-order valence-electron chi connectivity index (χ0n) is 19.4. The molecule has 8 nitrogen and oxygen atoms in total. The predicted octanol–water partition coefficient (Wildman–Crippen LogP) is 3.12. The van der Waals surface area contributed by atoms with E-state index in [4.69, 9.17) is 9.84 Å². The van der Waals surface area contributed by atoms with Crippen molar-refractivity contribution in [3.8, 4) is 28.3 Å². The molecule has 34 heavy (non-hydrogen) atoms. The second-order valence-electron chi connectivity index (χ2n) is 8.26. The summed E-state index contributed by atoms with van der Waals surface area (Å²) in [7, 11) is 4.10. The van der Waals surface area contributed by atoms with Gasteiger partial charge in [-0.1, -0.05) is 12.1 Å². The van der Waals surface area contributed by atoms with Gasteiger partial charge in [0, 0.05) is 30.4 Å². The summed E-state index contributed by atoms with van der Waals surface area (Å²) < 4.78 is 7.78. The smallest absolute Gasteiger partial charge is 0.251 e. The average Bonchev–Trinajstić information content (AvgIpc) is 3.29. The molecule has 8 heteroatoms.